The van der Waals surface area contributed by atoms with Crippen molar-refractivity contribution < 1.29 is 4.79 Å². The normalized spacial score (nSPS) is 14.3. The molecule has 4 rings (SSSR count). The summed E-state index contributed by atoms with van der Waals surface area (Å²) in [6, 6.07) is 29.9. The molecule has 4 heteroatoms. The van der Waals surface area contributed by atoms with E-state index in [0.717, 1.165) is 42.9 Å². The monoisotopic (exact) mass is 395 g/mol. The zero-order chi connectivity index (χ0) is 20.8. The highest BCUT2D eigenvalue weighted by Gasteiger charge is 2.28. The lowest BCUT2D eigenvalue weighted by Crippen LogP contribution is -2.38. The van der Waals surface area contributed by atoms with Crippen LogP contribution in [-0.2, 0) is 4.79 Å². The molecule has 1 fully saturated rings. The molecule has 0 saturated carbocycles. The predicted molar refractivity (Wildman–Crippen MR) is 119 cm³/mol. The highest BCUT2D eigenvalue weighted by molar-refractivity contribution is 5.87. The Morgan fingerprint density at radius 2 is 1.37 bits per heavy atom. The van der Waals surface area contributed by atoms with Crippen molar-refractivity contribution in [1.29, 1.82) is 5.26 Å². The van der Waals surface area contributed by atoms with Crippen molar-refractivity contribution in [3.63, 3.8) is 0 Å². The maximum Gasteiger partial charge on any atom is 0.234 e. The van der Waals surface area contributed by atoms with Gasteiger partial charge < -0.3 is 9.80 Å². The maximum absolute atomic E-state index is 13.7. The molecule has 0 spiro atoms. The van der Waals surface area contributed by atoms with Crippen LogP contribution in [0.4, 0.5) is 5.69 Å². The molecule has 1 heterocycles. The smallest absolute Gasteiger partial charge is 0.234 e. The quantitative estimate of drug-likeness (QED) is 0.657. The Hall–Kier alpha value is -3.58. The summed E-state index contributed by atoms with van der Waals surface area (Å²) in [7, 11) is 0. The van der Waals surface area contributed by atoms with Crippen molar-refractivity contribution in [1.82, 2.24) is 4.90 Å². The molecule has 3 aromatic rings. The van der Waals surface area contributed by atoms with Gasteiger partial charge in [-0.1, -0.05) is 60.7 Å². The molecule has 1 aliphatic rings. The predicted octanol–water partition coefficient (Wildman–Crippen LogP) is 4.43. The van der Waals surface area contributed by atoms with E-state index in [-0.39, 0.29) is 11.8 Å². The second kappa shape index (κ2) is 9.28. The van der Waals surface area contributed by atoms with Crippen LogP contribution in [0.3, 0.4) is 0 Å². The molecule has 0 aliphatic carbocycles. The van der Waals surface area contributed by atoms with Crippen molar-refractivity contribution >= 4 is 11.6 Å². The topological polar surface area (TPSA) is 47.3 Å². The number of benzene rings is 3. The first-order chi connectivity index (χ1) is 14.8. The Labute approximate surface area is 178 Å². The van der Waals surface area contributed by atoms with Crippen LogP contribution in [0.2, 0.25) is 0 Å². The maximum atomic E-state index is 13.7. The van der Waals surface area contributed by atoms with Crippen LogP contribution in [0.1, 0.15) is 29.0 Å². The molecule has 30 heavy (non-hydrogen) atoms. The fourth-order valence-electron chi connectivity index (χ4n) is 4.09. The van der Waals surface area contributed by atoms with E-state index in [1.807, 2.05) is 89.8 Å². The highest BCUT2D eigenvalue weighted by atomic mass is 16.2. The van der Waals surface area contributed by atoms with E-state index < -0.39 is 0 Å². The van der Waals surface area contributed by atoms with Gasteiger partial charge >= 0.3 is 0 Å². The van der Waals surface area contributed by atoms with Crippen LogP contribution in [0.5, 0.6) is 0 Å². The zero-order valence-electron chi connectivity index (χ0n) is 16.9. The molecule has 0 aromatic heterocycles. The fraction of sp³-hybridized carbons (Fsp3) is 0.231. The minimum absolute atomic E-state index is 0.161. The van der Waals surface area contributed by atoms with Gasteiger partial charge in [0.05, 0.1) is 17.6 Å². The molecular weight excluding hydrogens is 370 g/mol. The van der Waals surface area contributed by atoms with Gasteiger partial charge in [0.2, 0.25) is 5.91 Å². The SMILES string of the molecule is N#Cc1ccc(N2CCCN(C(=O)C(c3ccccc3)c3ccccc3)CC2)cc1. The number of hydrogen-bond acceptors (Lipinski definition) is 3. The Bertz CT molecular complexity index is 970. The summed E-state index contributed by atoms with van der Waals surface area (Å²) in [6.45, 7) is 3.13. The Morgan fingerprint density at radius 3 is 1.93 bits per heavy atom. The molecule has 1 aliphatic heterocycles. The van der Waals surface area contributed by atoms with Gasteiger partial charge in [-0.05, 0) is 41.8 Å². The third-order valence-corrected chi connectivity index (χ3v) is 5.68. The average Bonchev–Trinajstić information content (AvgIpc) is 3.07. The lowest BCUT2D eigenvalue weighted by molar-refractivity contribution is -0.131. The standard InChI is InChI=1S/C26H25N3O/c27-20-21-12-14-24(15-13-21)28-16-7-17-29(19-18-28)26(30)25(22-8-3-1-4-9-22)23-10-5-2-6-11-23/h1-6,8-15,25H,7,16-19H2. The van der Waals surface area contributed by atoms with Gasteiger partial charge in [-0.15, -0.1) is 0 Å². The Morgan fingerprint density at radius 1 is 0.767 bits per heavy atom. The van der Waals surface area contributed by atoms with Gasteiger partial charge in [-0.3, -0.25) is 4.79 Å². The lowest BCUT2D eigenvalue weighted by atomic mass is 9.90. The van der Waals surface area contributed by atoms with Crippen molar-refractivity contribution in [2.45, 2.75) is 12.3 Å². The van der Waals surface area contributed by atoms with E-state index in [0.29, 0.717) is 12.1 Å². The first kappa shape index (κ1) is 19.7. The number of amides is 1. The van der Waals surface area contributed by atoms with Crippen LogP contribution in [0.15, 0.2) is 84.9 Å². The zero-order valence-corrected chi connectivity index (χ0v) is 16.9. The third-order valence-electron chi connectivity index (χ3n) is 5.68. The highest BCUT2D eigenvalue weighted by Crippen LogP contribution is 2.28. The number of nitrogens with zero attached hydrogens (tertiary/aromatic N) is 3. The molecule has 0 unspecified atom stereocenters. The molecule has 1 amide bonds. The summed E-state index contributed by atoms with van der Waals surface area (Å²) in [6.07, 6.45) is 0.919. The largest absolute Gasteiger partial charge is 0.370 e. The van der Waals surface area contributed by atoms with Crippen LogP contribution in [0.25, 0.3) is 0 Å². The summed E-state index contributed by atoms with van der Waals surface area (Å²) in [4.78, 5) is 18.0. The number of rotatable bonds is 4. The van der Waals surface area contributed by atoms with Crippen LogP contribution in [-0.4, -0.2) is 37.0 Å². The van der Waals surface area contributed by atoms with Crippen molar-refractivity contribution in [3.8, 4) is 6.07 Å². The first-order valence-corrected chi connectivity index (χ1v) is 10.4. The van der Waals surface area contributed by atoms with Crippen LogP contribution >= 0.6 is 0 Å². The Balaban J connectivity index is 1.53. The summed E-state index contributed by atoms with van der Waals surface area (Å²) < 4.78 is 0. The van der Waals surface area contributed by atoms with Crippen molar-refractivity contribution in [2.75, 3.05) is 31.1 Å². The number of nitriles is 1. The fourth-order valence-corrected chi connectivity index (χ4v) is 4.09. The summed E-state index contributed by atoms with van der Waals surface area (Å²) >= 11 is 0. The second-order valence-corrected chi connectivity index (χ2v) is 7.58. The molecule has 4 nitrogen and oxygen atoms in total. The molecule has 1 saturated heterocycles. The molecule has 0 bridgehead atoms. The van der Waals surface area contributed by atoms with Crippen LogP contribution < -0.4 is 4.90 Å². The van der Waals surface area contributed by atoms with Gasteiger partial charge in [-0.2, -0.15) is 5.26 Å². The molecule has 0 radical (unpaired) electrons. The van der Waals surface area contributed by atoms with Crippen molar-refractivity contribution in [2.24, 2.45) is 0 Å². The van der Waals surface area contributed by atoms with Gasteiger partial charge in [0.25, 0.3) is 0 Å². The lowest BCUT2D eigenvalue weighted by Gasteiger charge is -2.27. The Kier molecular flexibility index (Phi) is 6.10. The second-order valence-electron chi connectivity index (χ2n) is 7.58. The van der Waals surface area contributed by atoms with E-state index in [9.17, 15) is 4.79 Å². The molecule has 3 aromatic carbocycles. The molecule has 0 N–H and O–H groups in total. The third kappa shape index (κ3) is 4.36. The van der Waals surface area contributed by atoms with E-state index >= 15 is 0 Å². The van der Waals surface area contributed by atoms with Gasteiger partial charge in [0.15, 0.2) is 0 Å². The number of carbonyl (C=O) groups is 1. The summed E-state index contributed by atoms with van der Waals surface area (Å²) in [5, 5.41) is 9.01. The van der Waals surface area contributed by atoms with E-state index in [1.165, 1.54) is 0 Å². The van der Waals surface area contributed by atoms with E-state index in [4.69, 9.17) is 5.26 Å². The average molecular weight is 396 g/mol. The minimum Gasteiger partial charge on any atom is -0.370 e. The van der Waals surface area contributed by atoms with E-state index in [1.54, 1.807) is 0 Å². The number of hydrogen-bond donors (Lipinski definition) is 0. The first-order valence-electron chi connectivity index (χ1n) is 10.4. The molecule has 0 atom stereocenters. The molecular formula is C26H25N3O. The molecule has 150 valence electrons. The minimum atomic E-state index is -0.283. The van der Waals surface area contributed by atoms with Gasteiger partial charge in [0.1, 0.15) is 0 Å². The summed E-state index contributed by atoms with van der Waals surface area (Å²) in [5.41, 5.74) is 3.83. The number of anilines is 1. The van der Waals surface area contributed by atoms with Gasteiger partial charge in [-0.25, -0.2) is 0 Å². The van der Waals surface area contributed by atoms with E-state index in [2.05, 4.69) is 11.0 Å². The van der Waals surface area contributed by atoms with Gasteiger partial charge in [0, 0.05) is 31.9 Å². The van der Waals surface area contributed by atoms with Crippen LogP contribution in [0, 0.1) is 11.3 Å². The summed E-state index contributed by atoms with van der Waals surface area (Å²) in [5.74, 6) is -0.122. The van der Waals surface area contributed by atoms with Crippen molar-refractivity contribution in [3.05, 3.63) is 102 Å². The number of carbonyl (C=O) groups excluding carboxylic acids is 1.